The van der Waals surface area contributed by atoms with Crippen molar-refractivity contribution < 1.29 is 8.78 Å². The van der Waals surface area contributed by atoms with E-state index >= 15 is 0 Å². The Hall–Kier alpha value is -0.180. The molecule has 0 heterocycles. The van der Waals surface area contributed by atoms with Gasteiger partial charge in [0, 0.05) is 18.9 Å². The van der Waals surface area contributed by atoms with Crippen molar-refractivity contribution in [3.05, 3.63) is 0 Å². The van der Waals surface area contributed by atoms with Crippen LogP contribution in [-0.2, 0) is 0 Å². The van der Waals surface area contributed by atoms with E-state index in [1.807, 2.05) is 0 Å². The summed E-state index contributed by atoms with van der Waals surface area (Å²) in [6.45, 7) is 0. The van der Waals surface area contributed by atoms with Gasteiger partial charge in [-0.05, 0) is 24.7 Å². The van der Waals surface area contributed by atoms with E-state index in [0.717, 1.165) is 6.42 Å². The molecule has 0 aromatic heterocycles. The molecule has 0 unspecified atom stereocenters. The zero-order chi connectivity index (χ0) is 8.11. The zero-order valence-electron chi connectivity index (χ0n) is 6.45. The van der Waals surface area contributed by atoms with Gasteiger partial charge in [0.05, 0.1) is 0 Å². The molecule has 0 radical (unpaired) electrons. The van der Waals surface area contributed by atoms with Gasteiger partial charge in [-0.25, -0.2) is 8.78 Å². The predicted octanol–water partition coefficient (Wildman–Crippen LogP) is 1.91. The molecule has 2 fully saturated rings. The van der Waals surface area contributed by atoms with E-state index in [1.165, 1.54) is 0 Å². The first-order chi connectivity index (χ1) is 5.04. The van der Waals surface area contributed by atoms with E-state index in [4.69, 9.17) is 5.73 Å². The van der Waals surface area contributed by atoms with Gasteiger partial charge in [0.15, 0.2) is 0 Å². The van der Waals surface area contributed by atoms with Crippen molar-refractivity contribution in [2.45, 2.75) is 44.1 Å². The summed E-state index contributed by atoms with van der Waals surface area (Å²) in [6.07, 6.45) is 2.37. The van der Waals surface area contributed by atoms with Gasteiger partial charge < -0.3 is 5.73 Å². The average Bonchev–Trinajstić information content (AvgIpc) is 2.54. The Labute approximate surface area is 65.0 Å². The maximum Gasteiger partial charge on any atom is 0.248 e. The van der Waals surface area contributed by atoms with Crippen LogP contribution in [0, 0.1) is 5.41 Å². The van der Waals surface area contributed by atoms with Crippen LogP contribution in [0.1, 0.15) is 32.1 Å². The number of rotatable bonds is 0. The largest absolute Gasteiger partial charge is 0.327 e. The lowest BCUT2D eigenvalue weighted by molar-refractivity contribution is -0.0502. The van der Waals surface area contributed by atoms with Crippen LogP contribution in [0.3, 0.4) is 0 Å². The number of hydrogen-bond donors (Lipinski definition) is 1. The second kappa shape index (κ2) is 1.94. The third kappa shape index (κ3) is 1.15. The maximum atomic E-state index is 12.7. The van der Waals surface area contributed by atoms with Crippen LogP contribution in [0.25, 0.3) is 0 Å². The van der Waals surface area contributed by atoms with Crippen LogP contribution in [0.15, 0.2) is 0 Å². The van der Waals surface area contributed by atoms with Crippen LogP contribution < -0.4 is 5.73 Å². The normalized spacial score (nSPS) is 39.0. The number of nitrogens with two attached hydrogens (primary N) is 1. The van der Waals surface area contributed by atoms with Crippen molar-refractivity contribution in [3.8, 4) is 0 Å². The van der Waals surface area contributed by atoms with Crippen molar-refractivity contribution in [3.63, 3.8) is 0 Å². The van der Waals surface area contributed by atoms with E-state index in [1.54, 1.807) is 0 Å². The van der Waals surface area contributed by atoms with Gasteiger partial charge >= 0.3 is 0 Å². The molecule has 11 heavy (non-hydrogen) atoms. The van der Waals surface area contributed by atoms with E-state index in [2.05, 4.69) is 0 Å². The molecule has 2 aliphatic rings. The van der Waals surface area contributed by atoms with Crippen molar-refractivity contribution in [1.82, 2.24) is 0 Å². The molecule has 0 saturated heterocycles. The molecule has 2 aliphatic carbocycles. The second-order valence-corrected chi connectivity index (χ2v) is 4.03. The minimum Gasteiger partial charge on any atom is -0.327 e. The van der Waals surface area contributed by atoms with Gasteiger partial charge in [0.25, 0.3) is 0 Å². The smallest absolute Gasteiger partial charge is 0.248 e. The molecular weight excluding hydrogens is 148 g/mol. The minimum atomic E-state index is -2.40. The lowest BCUT2D eigenvalue weighted by Crippen LogP contribution is -2.28. The van der Waals surface area contributed by atoms with E-state index in [0.29, 0.717) is 12.8 Å². The summed E-state index contributed by atoms with van der Waals surface area (Å²) in [4.78, 5) is 0. The first-order valence-electron chi connectivity index (χ1n) is 4.18. The molecule has 1 nitrogen and oxygen atoms in total. The van der Waals surface area contributed by atoms with Crippen molar-refractivity contribution in [1.29, 1.82) is 0 Å². The van der Waals surface area contributed by atoms with Gasteiger partial charge in [0.1, 0.15) is 0 Å². The maximum absolute atomic E-state index is 12.7. The quantitative estimate of drug-likeness (QED) is 0.577. The highest BCUT2D eigenvalue weighted by Gasteiger charge is 2.56. The van der Waals surface area contributed by atoms with E-state index < -0.39 is 5.92 Å². The fourth-order valence-electron chi connectivity index (χ4n) is 2.07. The third-order valence-electron chi connectivity index (χ3n) is 3.23. The molecule has 1 atom stereocenters. The Morgan fingerprint density at radius 2 is 1.55 bits per heavy atom. The second-order valence-electron chi connectivity index (χ2n) is 4.03. The summed E-state index contributed by atoms with van der Waals surface area (Å²) >= 11 is 0. The Bertz CT molecular complexity index is 169. The molecule has 0 aromatic rings. The summed E-state index contributed by atoms with van der Waals surface area (Å²) in [5, 5.41) is 0. The highest BCUT2D eigenvalue weighted by molar-refractivity contribution is 5.08. The lowest BCUT2D eigenvalue weighted by Gasteiger charge is -2.28. The summed E-state index contributed by atoms with van der Waals surface area (Å²) < 4.78 is 25.3. The first-order valence-corrected chi connectivity index (χ1v) is 4.18. The summed E-state index contributed by atoms with van der Waals surface area (Å²) in [5.41, 5.74) is 5.82. The van der Waals surface area contributed by atoms with Crippen molar-refractivity contribution in [2.75, 3.05) is 0 Å². The molecule has 0 aromatic carbocycles. The van der Waals surface area contributed by atoms with E-state index in [9.17, 15) is 8.78 Å². The van der Waals surface area contributed by atoms with Crippen LogP contribution in [0.5, 0.6) is 0 Å². The zero-order valence-corrected chi connectivity index (χ0v) is 6.45. The number of halogens is 2. The van der Waals surface area contributed by atoms with Gasteiger partial charge in [0.2, 0.25) is 5.92 Å². The molecule has 0 bridgehead atoms. The minimum absolute atomic E-state index is 0.0562. The summed E-state index contributed by atoms with van der Waals surface area (Å²) in [5.74, 6) is -2.40. The predicted molar refractivity (Wildman–Crippen MR) is 38.4 cm³/mol. The van der Waals surface area contributed by atoms with E-state index in [-0.39, 0.29) is 24.3 Å². The Morgan fingerprint density at radius 1 is 1.09 bits per heavy atom. The van der Waals surface area contributed by atoms with Crippen LogP contribution in [-0.4, -0.2) is 12.0 Å². The van der Waals surface area contributed by atoms with Crippen LogP contribution in [0.4, 0.5) is 8.78 Å². The molecular formula is C8H13F2N. The number of hydrogen-bond acceptors (Lipinski definition) is 1. The van der Waals surface area contributed by atoms with Crippen molar-refractivity contribution >= 4 is 0 Å². The Morgan fingerprint density at radius 3 is 1.91 bits per heavy atom. The first kappa shape index (κ1) is 7.47. The van der Waals surface area contributed by atoms with Crippen molar-refractivity contribution in [2.24, 2.45) is 11.1 Å². The van der Waals surface area contributed by atoms with Crippen LogP contribution in [0.2, 0.25) is 0 Å². The van der Waals surface area contributed by atoms with Gasteiger partial charge in [-0.1, -0.05) is 0 Å². The SMILES string of the molecule is N[C@H]1CC12CCC(F)(F)CC2. The molecule has 2 N–H and O–H groups in total. The average molecular weight is 161 g/mol. The molecule has 64 valence electrons. The van der Waals surface area contributed by atoms with Gasteiger partial charge in [-0.15, -0.1) is 0 Å². The molecule has 3 heteroatoms. The molecule has 0 amide bonds. The molecule has 2 rings (SSSR count). The Balaban J connectivity index is 1.96. The fourth-order valence-corrected chi connectivity index (χ4v) is 2.07. The molecule has 1 spiro atoms. The van der Waals surface area contributed by atoms with Gasteiger partial charge in [-0.2, -0.15) is 0 Å². The van der Waals surface area contributed by atoms with Gasteiger partial charge in [-0.3, -0.25) is 0 Å². The Kier molecular flexibility index (Phi) is 1.32. The highest BCUT2D eigenvalue weighted by Crippen LogP contribution is 2.57. The topological polar surface area (TPSA) is 26.0 Å². The highest BCUT2D eigenvalue weighted by atomic mass is 19.3. The molecule has 0 aliphatic heterocycles. The summed E-state index contributed by atoms with van der Waals surface area (Å²) in [6, 6.07) is 0.221. The lowest BCUT2D eigenvalue weighted by atomic mass is 9.83. The standard InChI is InChI=1S/C8H13F2N/c9-8(10)3-1-7(2-4-8)5-6(7)11/h6H,1-5,11H2/t6-/m0/s1. The fraction of sp³-hybridized carbons (Fsp3) is 1.00. The van der Waals surface area contributed by atoms with Crippen LogP contribution >= 0.6 is 0 Å². The summed E-state index contributed by atoms with van der Waals surface area (Å²) in [7, 11) is 0. The monoisotopic (exact) mass is 161 g/mol. The third-order valence-corrected chi connectivity index (χ3v) is 3.23. The number of alkyl halides is 2. The molecule has 2 saturated carbocycles.